The van der Waals surface area contributed by atoms with Crippen LogP contribution < -0.4 is 15.8 Å². The minimum absolute atomic E-state index is 0.447. The lowest BCUT2D eigenvalue weighted by Crippen LogP contribution is -2.04. The molecule has 1 heterocycles. The van der Waals surface area contributed by atoms with Crippen molar-refractivity contribution in [2.24, 2.45) is 0 Å². The summed E-state index contributed by atoms with van der Waals surface area (Å²) in [5, 5.41) is 3.17. The third-order valence-electron chi connectivity index (χ3n) is 2.34. The van der Waals surface area contributed by atoms with Crippen LogP contribution in [0, 0.1) is 0 Å². The SMILES string of the molecule is COc1ccccc1CNc1cc(N)ncn1. The zero-order valence-corrected chi connectivity index (χ0v) is 9.55. The fraction of sp³-hybridized carbons (Fsp3) is 0.167. The number of nitrogen functional groups attached to an aromatic ring is 1. The van der Waals surface area contributed by atoms with Crippen molar-refractivity contribution < 1.29 is 4.74 Å². The number of para-hydroxylation sites is 1. The van der Waals surface area contributed by atoms with Gasteiger partial charge in [-0.15, -0.1) is 0 Å². The first-order valence-corrected chi connectivity index (χ1v) is 5.23. The average molecular weight is 230 g/mol. The summed E-state index contributed by atoms with van der Waals surface area (Å²) >= 11 is 0. The molecule has 17 heavy (non-hydrogen) atoms. The van der Waals surface area contributed by atoms with Gasteiger partial charge in [0.15, 0.2) is 0 Å². The van der Waals surface area contributed by atoms with Crippen molar-refractivity contribution in [1.29, 1.82) is 0 Å². The maximum absolute atomic E-state index is 5.57. The Morgan fingerprint density at radius 3 is 2.88 bits per heavy atom. The number of rotatable bonds is 4. The molecule has 0 spiro atoms. The quantitative estimate of drug-likeness (QED) is 0.836. The van der Waals surface area contributed by atoms with Gasteiger partial charge in [0, 0.05) is 18.2 Å². The molecule has 3 N–H and O–H groups in total. The van der Waals surface area contributed by atoms with E-state index in [1.165, 1.54) is 6.33 Å². The lowest BCUT2D eigenvalue weighted by molar-refractivity contribution is 0.410. The fourth-order valence-electron chi connectivity index (χ4n) is 1.50. The number of nitrogens with one attached hydrogen (secondary N) is 1. The van der Waals surface area contributed by atoms with Gasteiger partial charge in [-0.3, -0.25) is 0 Å². The summed E-state index contributed by atoms with van der Waals surface area (Å²) in [5.74, 6) is 1.99. The van der Waals surface area contributed by atoms with Crippen molar-refractivity contribution in [3.63, 3.8) is 0 Å². The van der Waals surface area contributed by atoms with Gasteiger partial charge in [-0.05, 0) is 6.07 Å². The van der Waals surface area contributed by atoms with E-state index >= 15 is 0 Å². The summed E-state index contributed by atoms with van der Waals surface area (Å²) in [5.41, 5.74) is 6.63. The van der Waals surface area contributed by atoms with Crippen molar-refractivity contribution in [2.75, 3.05) is 18.2 Å². The van der Waals surface area contributed by atoms with Crippen molar-refractivity contribution in [2.45, 2.75) is 6.54 Å². The highest BCUT2D eigenvalue weighted by molar-refractivity contribution is 5.45. The van der Waals surface area contributed by atoms with Gasteiger partial charge in [0.1, 0.15) is 23.7 Å². The van der Waals surface area contributed by atoms with Crippen LogP contribution in [-0.4, -0.2) is 17.1 Å². The summed E-state index contributed by atoms with van der Waals surface area (Å²) in [6.45, 7) is 0.625. The van der Waals surface area contributed by atoms with Crippen LogP contribution in [0.15, 0.2) is 36.7 Å². The van der Waals surface area contributed by atoms with Crippen molar-refractivity contribution in [3.05, 3.63) is 42.2 Å². The Balaban J connectivity index is 2.07. The first kappa shape index (κ1) is 11.2. The van der Waals surface area contributed by atoms with E-state index in [-0.39, 0.29) is 0 Å². The van der Waals surface area contributed by atoms with E-state index in [0.29, 0.717) is 18.2 Å². The summed E-state index contributed by atoms with van der Waals surface area (Å²) in [6.07, 6.45) is 1.43. The van der Waals surface area contributed by atoms with Crippen LogP contribution in [0.1, 0.15) is 5.56 Å². The predicted octanol–water partition coefficient (Wildman–Crippen LogP) is 1.68. The van der Waals surface area contributed by atoms with Gasteiger partial charge >= 0.3 is 0 Å². The minimum Gasteiger partial charge on any atom is -0.496 e. The van der Waals surface area contributed by atoms with Crippen LogP contribution in [0.2, 0.25) is 0 Å². The molecule has 0 aliphatic rings. The molecule has 0 saturated carbocycles. The molecule has 5 nitrogen and oxygen atoms in total. The maximum atomic E-state index is 5.57. The van der Waals surface area contributed by atoms with Crippen molar-refractivity contribution in [3.8, 4) is 5.75 Å². The summed E-state index contributed by atoms with van der Waals surface area (Å²) in [6, 6.07) is 9.51. The van der Waals surface area contributed by atoms with Crippen LogP contribution in [-0.2, 0) is 6.54 Å². The highest BCUT2D eigenvalue weighted by Crippen LogP contribution is 2.18. The molecule has 0 bridgehead atoms. The van der Waals surface area contributed by atoms with Crippen LogP contribution in [0.25, 0.3) is 0 Å². The molecule has 0 radical (unpaired) electrons. The van der Waals surface area contributed by atoms with Gasteiger partial charge < -0.3 is 15.8 Å². The van der Waals surface area contributed by atoms with Gasteiger partial charge in [-0.2, -0.15) is 0 Å². The molecule has 0 aliphatic carbocycles. The lowest BCUT2D eigenvalue weighted by Gasteiger charge is -2.09. The van der Waals surface area contributed by atoms with E-state index in [1.54, 1.807) is 13.2 Å². The molecule has 2 rings (SSSR count). The molecule has 1 aromatic heterocycles. The average Bonchev–Trinajstić information content (AvgIpc) is 2.37. The Morgan fingerprint density at radius 1 is 1.29 bits per heavy atom. The van der Waals surface area contributed by atoms with Gasteiger partial charge in [0.05, 0.1) is 7.11 Å². The van der Waals surface area contributed by atoms with Crippen LogP contribution in [0.3, 0.4) is 0 Å². The van der Waals surface area contributed by atoms with E-state index in [2.05, 4.69) is 15.3 Å². The second kappa shape index (κ2) is 5.16. The normalized spacial score (nSPS) is 9.94. The summed E-state index contributed by atoms with van der Waals surface area (Å²) in [4.78, 5) is 7.90. The number of nitrogens with two attached hydrogens (primary N) is 1. The topological polar surface area (TPSA) is 73.1 Å². The molecule has 0 atom stereocenters. The van der Waals surface area contributed by atoms with Crippen molar-refractivity contribution >= 4 is 11.6 Å². The van der Waals surface area contributed by atoms with Gasteiger partial charge in [-0.1, -0.05) is 18.2 Å². The Bertz CT molecular complexity index is 501. The molecular formula is C12H14N4O. The third-order valence-corrected chi connectivity index (χ3v) is 2.34. The molecule has 2 aromatic rings. The second-order valence-electron chi connectivity index (χ2n) is 3.49. The Hall–Kier alpha value is -2.30. The predicted molar refractivity (Wildman–Crippen MR) is 66.8 cm³/mol. The maximum Gasteiger partial charge on any atom is 0.131 e. The number of methoxy groups -OCH3 is 1. The van der Waals surface area contributed by atoms with E-state index in [9.17, 15) is 0 Å². The number of ether oxygens (including phenoxy) is 1. The number of benzene rings is 1. The van der Waals surface area contributed by atoms with Crippen LogP contribution in [0.5, 0.6) is 5.75 Å². The largest absolute Gasteiger partial charge is 0.496 e. The summed E-state index contributed by atoms with van der Waals surface area (Å²) < 4.78 is 5.26. The smallest absolute Gasteiger partial charge is 0.131 e. The molecule has 0 saturated heterocycles. The van der Waals surface area contributed by atoms with Crippen molar-refractivity contribution in [1.82, 2.24) is 9.97 Å². The Kier molecular flexibility index (Phi) is 3.40. The monoisotopic (exact) mass is 230 g/mol. The number of anilines is 2. The number of aromatic nitrogens is 2. The fourth-order valence-corrected chi connectivity index (χ4v) is 1.50. The molecule has 88 valence electrons. The molecule has 0 aliphatic heterocycles. The van der Waals surface area contributed by atoms with Gasteiger partial charge in [0.2, 0.25) is 0 Å². The molecular weight excluding hydrogens is 216 g/mol. The zero-order valence-electron chi connectivity index (χ0n) is 9.55. The van der Waals surface area contributed by atoms with E-state index in [0.717, 1.165) is 11.3 Å². The first-order valence-electron chi connectivity index (χ1n) is 5.23. The highest BCUT2D eigenvalue weighted by atomic mass is 16.5. The second-order valence-corrected chi connectivity index (χ2v) is 3.49. The number of hydrogen-bond donors (Lipinski definition) is 2. The molecule has 0 amide bonds. The van der Waals surface area contributed by atoms with Crippen LogP contribution in [0.4, 0.5) is 11.6 Å². The van der Waals surface area contributed by atoms with E-state index < -0.39 is 0 Å². The van der Waals surface area contributed by atoms with Gasteiger partial charge in [-0.25, -0.2) is 9.97 Å². The Labute approximate surface area is 99.7 Å². The number of nitrogens with zero attached hydrogens (tertiary/aromatic N) is 2. The van der Waals surface area contributed by atoms with E-state index in [1.807, 2.05) is 24.3 Å². The minimum atomic E-state index is 0.447. The standard InChI is InChI=1S/C12H14N4O/c1-17-10-5-3-2-4-9(10)7-14-12-6-11(13)15-8-16-12/h2-6,8H,7H2,1H3,(H3,13,14,15,16). The number of hydrogen-bond acceptors (Lipinski definition) is 5. The molecule has 1 aromatic carbocycles. The zero-order chi connectivity index (χ0) is 12.1. The lowest BCUT2D eigenvalue weighted by atomic mass is 10.2. The first-order chi connectivity index (χ1) is 8.29. The van der Waals surface area contributed by atoms with Crippen LogP contribution >= 0.6 is 0 Å². The Morgan fingerprint density at radius 2 is 2.12 bits per heavy atom. The molecule has 5 heteroatoms. The molecule has 0 fully saturated rings. The van der Waals surface area contributed by atoms with E-state index in [4.69, 9.17) is 10.5 Å². The van der Waals surface area contributed by atoms with Gasteiger partial charge in [0.25, 0.3) is 0 Å². The highest BCUT2D eigenvalue weighted by Gasteiger charge is 2.01. The molecule has 0 unspecified atom stereocenters. The summed E-state index contributed by atoms with van der Waals surface area (Å²) in [7, 11) is 1.65. The third kappa shape index (κ3) is 2.84.